The molecule has 1 amide bonds. The number of nitrogens with zero attached hydrogens (tertiary/aromatic N) is 3. The third-order valence-electron chi connectivity index (χ3n) is 6.21. The first kappa shape index (κ1) is 22.5. The van der Waals surface area contributed by atoms with Crippen LogP contribution in [0, 0.1) is 12.8 Å². The zero-order chi connectivity index (χ0) is 22.8. The van der Waals surface area contributed by atoms with Crippen LogP contribution < -0.4 is 4.74 Å². The Morgan fingerprint density at radius 2 is 2.09 bits per heavy atom. The predicted molar refractivity (Wildman–Crippen MR) is 129 cm³/mol. The molecular formula is C25H31ClN4O2. The van der Waals surface area contributed by atoms with Gasteiger partial charge < -0.3 is 14.6 Å². The molecule has 1 aliphatic heterocycles. The van der Waals surface area contributed by atoms with Crippen LogP contribution in [0.25, 0.3) is 17.0 Å². The molecule has 0 bridgehead atoms. The zero-order valence-corrected chi connectivity index (χ0v) is 19.9. The van der Waals surface area contributed by atoms with Crippen molar-refractivity contribution >= 4 is 34.5 Å². The summed E-state index contributed by atoms with van der Waals surface area (Å²) in [6, 6.07) is 6.11. The number of aryl methyl sites for hydroxylation is 1. The number of likely N-dealkylation sites (tertiary alicyclic amines) is 1. The number of methoxy groups -OCH3 is 1. The highest BCUT2D eigenvalue weighted by Gasteiger charge is 2.25. The molecule has 1 aromatic carbocycles. The smallest absolute Gasteiger partial charge is 0.246 e. The van der Waals surface area contributed by atoms with E-state index in [9.17, 15) is 4.79 Å². The number of carbonyl (C=O) groups is 1. The number of amides is 1. The van der Waals surface area contributed by atoms with Crippen molar-refractivity contribution in [1.29, 1.82) is 0 Å². The number of piperidine rings is 1. The van der Waals surface area contributed by atoms with Gasteiger partial charge in [0, 0.05) is 48.4 Å². The fourth-order valence-corrected chi connectivity index (χ4v) is 4.79. The third kappa shape index (κ3) is 4.56. The number of hydrogen-bond acceptors (Lipinski definition) is 3. The Labute approximate surface area is 194 Å². The number of fused-ring (bicyclic) bond motifs is 1. The second-order valence-corrected chi connectivity index (χ2v) is 9.31. The number of ether oxygens (including phenoxy) is 1. The number of halogens is 1. The average molecular weight is 455 g/mol. The highest BCUT2D eigenvalue weighted by Crippen LogP contribution is 2.34. The standard InChI is InChI=1S/C25H31ClN4O2/c1-16(2)15-30-25(26)20(17(3)28-30)6-8-24(31)29-11-9-18(10-12-29)22-14-27-23-7-5-19(32-4)13-21(22)23/h5-8,13-14,16,18,27H,9-12,15H2,1-4H3/b8-6+. The molecule has 7 heteroatoms. The van der Waals surface area contributed by atoms with Gasteiger partial charge in [-0.3, -0.25) is 9.48 Å². The van der Waals surface area contributed by atoms with E-state index in [1.807, 2.05) is 28.6 Å². The van der Waals surface area contributed by atoms with Gasteiger partial charge in [0.25, 0.3) is 0 Å². The molecule has 0 saturated carbocycles. The first-order valence-corrected chi connectivity index (χ1v) is 11.6. The van der Waals surface area contributed by atoms with Crippen molar-refractivity contribution in [3.05, 3.63) is 52.4 Å². The monoisotopic (exact) mass is 454 g/mol. The van der Waals surface area contributed by atoms with Gasteiger partial charge in [0.15, 0.2) is 0 Å². The van der Waals surface area contributed by atoms with Gasteiger partial charge in [-0.1, -0.05) is 25.4 Å². The summed E-state index contributed by atoms with van der Waals surface area (Å²) in [5, 5.41) is 6.31. The quantitative estimate of drug-likeness (QED) is 0.506. The van der Waals surface area contributed by atoms with Crippen molar-refractivity contribution in [1.82, 2.24) is 19.7 Å². The highest BCUT2D eigenvalue weighted by atomic mass is 35.5. The molecule has 6 nitrogen and oxygen atoms in total. The summed E-state index contributed by atoms with van der Waals surface area (Å²) in [5.41, 5.74) is 4.09. The Morgan fingerprint density at radius 3 is 2.78 bits per heavy atom. The van der Waals surface area contributed by atoms with E-state index in [1.165, 1.54) is 10.9 Å². The van der Waals surface area contributed by atoms with E-state index in [-0.39, 0.29) is 5.91 Å². The number of nitrogens with one attached hydrogen (secondary N) is 1. The molecule has 2 aromatic heterocycles. The fraction of sp³-hybridized carbons (Fsp3) is 0.440. The lowest BCUT2D eigenvalue weighted by Crippen LogP contribution is -2.36. The van der Waals surface area contributed by atoms with Crippen LogP contribution >= 0.6 is 11.6 Å². The third-order valence-corrected chi connectivity index (χ3v) is 6.61. The summed E-state index contributed by atoms with van der Waals surface area (Å²) < 4.78 is 7.21. The van der Waals surface area contributed by atoms with E-state index in [0.717, 1.165) is 55.0 Å². The summed E-state index contributed by atoms with van der Waals surface area (Å²) in [5.74, 6) is 1.76. The molecule has 4 rings (SSSR count). The van der Waals surface area contributed by atoms with E-state index in [1.54, 1.807) is 13.2 Å². The maximum Gasteiger partial charge on any atom is 0.246 e. The van der Waals surface area contributed by atoms with E-state index in [0.29, 0.717) is 17.0 Å². The minimum Gasteiger partial charge on any atom is -0.497 e. The van der Waals surface area contributed by atoms with Crippen molar-refractivity contribution in [3.63, 3.8) is 0 Å². The van der Waals surface area contributed by atoms with Crippen LogP contribution in [-0.2, 0) is 11.3 Å². The zero-order valence-electron chi connectivity index (χ0n) is 19.2. The second-order valence-electron chi connectivity index (χ2n) is 8.95. The predicted octanol–water partition coefficient (Wildman–Crippen LogP) is 5.41. The lowest BCUT2D eigenvalue weighted by Gasteiger charge is -2.31. The van der Waals surface area contributed by atoms with Crippen molar-refractivity contribution < 1.29 is 9.53 Å². The van der Waals surface area contributed by atoms with Crippen molar-refractivity contribution in [2.75, 3.05) is 20.2 Å². The van der Waals surface area contributed by atoms with Crippen LogP contribution in [0.2, 0.25) is 5.15 Å². The van der Waals surface area contributed by atoms with Gasteiger partial charge in [-0.2, -0.15) is 5.10 Å². The second kappa shape index (κ2) is 9.41. The molecule has 0 unspecified atom stereocenters. The topological polar surface area (TPSA) is 63.1 Å². The molecule has 1 saturated heterocycles. The molecule has 3 heterocycles. The Bertz CT molecular complexity index is 1140. The molecule has 32 heavy (non-hydrogen) atoms. The summed E-state index contributed by atoms with van der Waals surface area (Å²) >= 11 is 6.50. The minimum atomic E-state index is 0.0242. The van der Waals surface area contributed by atoms with Crippen LogP contribution in [0.15, 0.2) is 30.5 Å². The number of carbonyl (C=O) groups excluding carboxylic acids is 1. The van der Waals surface area contributed by atoms with Crippen molar-refractivity contribution in [3.8, 4) is 5.75 Å². The van der Waals surface area contributed by atoms with Gasteiger partial charge >= 0.3 is 0 Å². The van der Waals surface area contributed by atoms with Gasteiger partial charge in [-0.25, -0.2) is 0 Å². The molecule has 170 valence electrons. The first-order chi connectivity index (χ1) is 15.4. The van der Waals surface area contributed by atoms with Gasteiger partial charge in [0.05, 0.1) is 12.8 Å². The maximum absolute atomic E-state index is 12.8. The molecule has 0 spiro atoms. The number of aromatic nitrogens is 3. The van der Waals surface area contributed by atoms with Gasteiger partial charge in [0.2, 0.25) is 5.91 Å². The number of benzene rings is 1. The van der Waals surface area contributed by atoms with Gasteiger partial charge in [-0.05, 0) is 61.4 Å². The first-order valence-electron chi connectivity index (χ1n) is 11.2. The number of hydrogen-bond donors (Lipinski definition) is 1. The van der Waals surface area contributed by atoms with E-state index >= 15 is 0 Å². The van der Waals surface area contributed by atoms with Gasteiger partial charge in [-0.15, -0.1) is 0 Å². The molecule has 0 radical (unpaired) electrons. The van der Waals surface area contributed by atoms with Crippen LogP contribution in [-0.4, -0.2) is 45.8 Å². The fourth-order valence-electron chi connectivity index (χ4n) is 4.48. The molecule has 1 N–H and O–H groups in total. The summed E-state index contributed by atoms with van der Waals surface area (Å²) in [4.78, 5) is 18.1. The van der Waals surface area contributed by atoms with Crippen LogP contribution in [0.1, 0.15) is 49.4 Å². The Kier molecular flexibility index (Phi) is 6.60. The molecule has 1 fully saturated rings. The minimum absolute atomic E-state index is 0.0242. The average Bonchev–Trinajstić information content (AvgIpc) is 3.32. The van der Waals surface area contributed by atoms with Crippen molar-refractivity contribution in [2.24, 2.45) is 5.92 Å². The molecule has 0 atom stereocenters. The lowest BCUT2D eigenvalue weighted by molar-refractivity contribution is -0.126. The van der Waals surface area contributed by atoms with Crippen LogP contribution in [0.5, 0.6) is 5.75 Å². The van der Waals surface area contributed by atoms with Crippen LogP contribution in [0.3, 0.4) is 0 Å². The Hall–Kier alpha value is -2.73. The lowest BCUT2D eigenvalue weighted by atomic mass is 9.89. The highest BCUT2D eigenvalue weighted by molar-refractivity contribution is 6.31. The largest absolute Gasteiger partial charge is 0.497 e. The molecular weight excluding hydrogens is 424 g/mol. The van der Waals surface area contributed by atoms with E-state index in [4.69, 9.17) is 16.3 Å². The van der Waals surface area contributed by atoms with E-state index < -0.39 is 0 Å². The molecule has 1 aliphatic rings. The Morgan fingerprint density at radius 1 is 1.34 bits per heavy atom. The van der Waals surface area contributed by atoms with Crippen LogP contribution in [0.4, 0.5) is 0 Å². The molecule has 0 aliphatic carbocycles. The normalized spacial score (nSPS) is 15.4. The number of H-pyrrole nitrogens is 1. The summed E-state index contributed by atoms with van der Waals surface area (Å²) in [6.45, 7) is 8.42. The van der Waals surface area contributed by atoms with E-state index in [2.05, 4.69) is 42.3 Å². The number of rotatable bonds is 6. The van der Waals surface area contributed by atoms with Crippen molar-refractivity contribution in [2.45, 2.75) is 46.1 Å². The van der Waals surface area contributed by atoms with Gasteiger partial charge in [0.1, 0.15) is 10.9 Å². The summed E-state index contributed by atoms with van der Waals surface area (Å²) in [6.07, 6.45) is 7.42. The summed E-state index contributed by atoms with van der Waals surface area (Å²) in [7, 11) is 1.69. The SMILES string of the molecule is COc1ccc2[nH]cc(C3CCN(C(=O)/C=C/c4c(C)nn(CC(C)C)c4Cl)CC3)c2c1. The molecule has 3 aromatic rings. The Balaban J connectivity index is 1.41. The maximum atomic E-state index is 12.8. The number of aromatic amines is 1.